The summed E-state index contributed by atoms with van der Waals surface area (Å²) in [6.45, 7) is 9.28. The molecule has 0 amide bonds. The van der Waals surface area contributed by atoms with Crippen LogP contribution in [0.2, 0.25) is 0 Å². The van der Waals surface area contributed by atoms with Crippen molar-refractivity contribution in [1.29, 1.82) is 0 Å². The highest BCUT2D eigenvalue weighted by molar-refractivity contribution is 8.11. The van der Waals surface area contributed by atoms with Gasteiger partial charge in [-0.2, -0.15) is 0 Å². The Bertz CT molecular complexity index is 994. The largest absolute Gasteiger partial charge is 0.394 e. The number of nitrogens with two attached hydrogens (primary N) is 1. The van der Waals surface area contributed by atoms with Crippen molar-refractivity contribution in [2.24, 2.45) is 5.73 Å². The molecule has 0 saturated heterocycles. The van der Waals surface area contributed by atoms with Crippen LogP contribution < -0.4 is 11.1 Å². The molecule has 3 nitrogen and oxygen atoms in total. The molecule has 0 spiro atoms. The van der Waals surface area contributed by atoms with Crippen LogP contribution >= 0.6 is 11.8 Å². The van der Waals surface area contributed by atoms with E-state index in [4.69, 9.17) is 5.73 Å². The monoisotopic (exact) mass is 393 g/mol. The Balaban J connectivity index is 0.000000261. The first kappa shape index (κ1) is 21.3. The quantitative estimate of drug-likeness (QED) is 0.536. The maximum atomic E-state index is 12.2. The maximum Gasteiger partial charge on any atom is 0.126 e. The fraction of sp³-hybridized carbons (Fsp3) is 0.0870. The van der Waals surface area contributed by atoms with Crippen molar-refractivity contribution in [3.05, 3.63) is 95.9 Å². The first-order chi connectivity index (χ1) is 13.5. The van der Waals surface area contributed by atoms with E-state index >= 15 is 0 Å². The zero-order chi connectivity index (χ0) is 20.5. The van der Waals surface area contributed by atoms with E-state index in [9.17, 15) is 4.39 Å². The van der Waals surface area contributed by atoms with Crippen molar-refractivity contribution in [2.45, 2.75) is 6.92 Å². The minimum absolute atomic E-state index is 0.208. The molecule has 3 N–H and O–H groups in total. The summed E-state index contributed by atoms with van der Waals surface area (Å²) in [5, 5.41) is 5.92. The summed E-state index contributed by atoms with van der Waals surface area (Å²) >= 11 is 1.48. The van der Waals surface area contributed by atoms with E-state index in [2.05, 4.69) is 41.7 Å². The van der Waals surface area contributed by atoms with E-state index in [-0.39, 0.29) is 5.82 Å². The number of hydrogen-bond acceptors (Lipinski definition) is 4. The summed E-state index contributed by atoms with van der Waals surface area (Å²) in [6, 6.07) is 14.5. The molecule has 144 valence electrons. The Kier molecular flexibility index (Phi) is 7.84. The summed E-state index contributed by atoms with van der Waals surface area (Å²) in [6.07, 6.45) is 5.60. The van der Waals surface area contributed by atoms with Gasteiger partial charge in [0.25, 0.3) is 0 Å². The van der Waals surface area contributed by atoms with Gasteiger partial charge in [-0.15, -0.1) is 0 Å². The van der Waals surface area contributed by atoms with Gasteiger partial charge in [-0.05, 0) is 47.7 Å². The summed E-state index contributed by atoms with van der Waals surface area (Å²) < 4.78 is 12.2. The predicted molar refractivity (Wildman–Crippen MR) is 122 cm³/mol. The second kappa shape index (κ2) is 10.3. The smallest absolute Gasteiger partial charge is 0.126 e. The molecule has 0 aliphatic carbocycles. The lowest BCUT2D eigenvalue weighted by atomic mass is 10.1. The molecule has 28 heavy (non-hydrogen) atoms. The molecule has 2 aromatic carbocycles. The summed E-state index contributed by atoms with van der Waals surface area (Å²) in [4.78, 5) is 5.41. The predicted octanol–water partition coefficient (Wildman–Crippen LogP) is 6.27. The SMILES string of the molecule is C=C(N)S/C(=C\C)c1ccc2cnc(NC)cc2c1.C=Cc1ccc(F)cc1. The van der Waals surface area contributed by atoms with Gasteiger partial charge in [-0.3, -0.25) is 0 Å². The lowest BCUT2D eigenvalue weighted by Crippen LogP contribution is -1.92. The lowest BCUT2D eigenvalue weighted by Gasteiger charge is -2.08. The van der Waals surface area contributed by atoms with E-state index in [0.29, 0.717) is 5.03 Å². The lowest BCUT2D eigenvalue weighted by molar-refractivity contribution is 0.628. The number of nitrogens with zero attached hydrogens (tertiary/aromatic N) is 1. The van der Waals surface area contributed by atoms with Gasteiger partial charge in [0.15, 0.2) is 0 Å². The van der Waals surface area contributed by atoms with Gasteiger partial charge in [-0.1, -0.05) is 61.3 Å². The highest BCUT2D eigenvalue weighted by Crippen LogP contribution is 2.32. The van der Waals surface area contributed by atoms with Crippen LogP contribution in [0.5, 0.6) is 0 Å². The van der Waals surface area contributed by atoms with Gasteiger partial charge < -0.3 is 11.1 Å². The first-order valence-electron chi connectivity index (χ1n) is 8.71. The number of rotatable bonds is 5. The maximum absolute atomic E-state index is 12.2. The normalized spacial score (nSPS) is 10.8. The summed E-state index contributed by atoms with van der Waals surface area (Å²) in [5.41, 5.74) is 7.75. The Morgan fingerprint density at radius 2 is 1.86 bits per heavy atom. The number of aromatic nitrogens is 1. The summed E-state index contributed by atoms with van der Waals surface area (Å²) in [7, 11) is 1.86. The number of halogens is 1. The molecular weight excluding hydrogens is 369 g/mol. The van der Waals surface area contributed by atoms with Crippen LogP contribution in [0.3, 0.4) is 0 Å². The second-order valence-corrected chi connectivity index (χ2v) is 7.03. The average Bonchev–Trinajstić information content (AvgIpc) is 2.72. The number of nitrogens with one attached hydrogen (secondary N) is 1. The third-order valence-electron chi connectivity index (χ3n) is 3.87. The zero-order valence-electron chi connectivity index (χ0n) is 16.1. The number of hydrogen-bond donors (Lipinski definition) is 2. The molecule has 0 unspecified atom stereocenters. The Morgan fingerprint density at radius 1 is 1.14 bits per heavy atom. The highest BCUT2D eigenvalue weighted by Gasteiger charge is 2.04. The molecule has 0 bridgehead atoms. The number of thioether (sulfide) groups is 1. The topological polar surface area (TPSA) is 50.9 Å². The minimum atomic E-state index is -0.208. The van der Waals surface area contributed by atoms with Crippen LogP contribution in [-0.2, 0) is 0 Å². The van der Waals surface area contributed by atoms with Gasteiger partial charge in [0.05, 0.1) is 5.03 Å². The van der Waals surface area contributed by atoms with Crippen LogP contribution in [0.25, 0.3) is 21.8 Å². The highest BCUT2D eigenvalue weighted by atomic mass is 32.2. The first-order valence-corrected chi connectivity index (χ1v) is 9.53. The molecule has 1 heterocycles. The number of fused-ring (bicyclic) bond motifs is 1. The van der Waals surface area contributed by atoms with Crippen molar-refractivity contribution in [3.63, 3.8) is 0 Å². The van der Waals surface area contributed by atoms with Crippen LogP contribution in [0.15, 0.2) is 79.0 Å². The van der Waals surface area contributed by atoms with Crippen LogP contribution in [-0.4, -0.2) is 12.0 Å². The Labute approximate surface area is 169 Å². The van der Waals surface area contributed by atoms with E-state index in [1.54, 1.807) is 18.2 Å². The second-order valence-electron chi connectivity index (χ2n) is 5.86. The van der Waals surface area contributed by atoms with Gasteiger partial charge in [-0.25, -0.2) is 9.37 Å². The van der Waals surface area contributed by atoms with Gasteiger partial charge in [0.1, 0.15) is 11.6 Å². The van der Waals surface area contributed by atoms with Crippen molar-refractivity contribution in [2.75, 3.05) is 12.4 Å². The summed E-state index contributed by atoms with van der Waals surface area (Å²) in [5.74, 6) is 0.656. The fourth-order valence-corrected chi connectivity index (χ4v) is 3.10. The molecule has 5 heteroatoms. The van der Waals surface area contributed by atoms with Crippen molar-refractivity contribution in [3.8, 4) is 0 Å². The van der Waals surface area contributed by atoms with E-state index in [1.807, 2.05) is 32.3 Å². The Morgan fingerprint density at radius 3 is 2.43 bits per heavy atom. The van der Waals surface area contributed by atoms with Gasteiger partial charge in [0, 0.05) is 23.5 Å². The molecule has 0 saturated carbocycles. The van der Waals surface area contributed by atoms with Crippen LogP contribution in [0.4, 0.5) is 10.2 Å². The Hall–Kier alpha value is -3.05. The van der Waals surface area contributed by atoms with Crippen LogP contribution in [0, 0.1) is 5.82 Å². The third-order valence-corrected chi connectivity index (χ3v) is 4.82. The van der Waals surface area contributed by atoms with E-state index in [1.165, 1.54) is 23.9 Å². The number of allylic oxidation sites excluding steroid dienone is 1. The molecule has 3 rings (SSSR count). The van der Waals surface area contributed by atoms with E-state index in [0.717, 1.165) is 32.6 Å². The van der Waals surface area contributed by atoms with E-state index < -0.39 is 0 Å². The fourth-order valence-electron chi connectivity index (χ4n) is 2.46. The van der Waals surface area contributed by atoms with Crippen molar-refractivity contribution < 1.29 is 4.39 Å². The number of pyridine rings is 1. The molecule has 3 aromatic rings. The molecule has 0 aliphatic heterocycles. The van der Waals surface area contributed by atoms with Crippen LogP contribution in [0.1, 0.15) is 18.1 Å². The average molecular weight is 394 g/mol. The zero-order valence-corrected chi connectivity index (χ0v) is 16.9. The van der Waals surface area contributed by atoms with Crippen molar-refractivity contribution >= 4 is 39.3 Å². The molecule has 1 aromatic heterocycles. The number of benzene rings is 2. The minimum Gasteiger partial charge on any atom is -0.394 e. The molecule has 0 atom stereocenters. The standard InChI is InChI=1S/C15H17N3S.C8H7F/c1-4-14(19-10(2)16)11-5-6-12-9-18-15(17-3)8-13(12)7-11;1-2-7-3-5-8(9)6-4-7/h4-9H,2,16H2,1,3H3,(H,17,18);2-6H,1H2/b14-4-;. The molecular formula is C23H24FN3S. The molecule has 0 aliphatic rings. The van der Waals surface area contributed by atoms with Gasteiger partial charge >= 0.3 is 0 Å². The molecule has 0 radical (unpaired) electrons. The number of anilines is 1. The van der Waals surface area contributed by atoms with Gasteiger partial charge in [0.2, 0.25) is 0 Å². The van der Waals surface area contributed by atoms with Crippen molar-refractivity contribution in [1.82, 2.24) is 4.98 Å². The molecule has 0 fully saturated rings. The third kappa shape index (κ3) is 5.99.